The standard InChI is InChI=1S/C23H26N2O5/c1-15(13-22(27)28)25-21(26)11-6-12-24-23(29)30-14-20-18-9-4-2-7-16(18)17-8-3-5-10-19(17)20/h2-5,7-10,15,20H,6,11-14H2,1H3,(H,24,29)(H,25,26)(H,27,28)/t15-/m1/s1. The molecule has 0 bridgehead atoms. The molecule has 2 amide bonds. The fourth-order valence-electron chi connectivity index (χ4n) is 3.75. The van der Waals surface area contributed by atoms with Crippen molar-refractivity contribution in [3.63, 3.8) is 0 Å². The number of carboxylic acid groups (broad SMARTS) is 1. The van der Waals surface area contributed by atoms with Crippen LogP contribution in [-0.2, 0) is 14.3 Å². The van der Waals surface area contributed by atoms with Crippen LogP contribution in [0.2, 0.25) is 0 Å². The summed E-state index contributed by atoms with van der Waals surface area (Å²) in [5, 5.41) is 14.0. The smallest absolute Gasteiger partial charge is 0.407 e. The summed E-state index contributed by atoms with van der Waals surface area (Å²) in [4.78, 5) is 34.4. The first kappa shape index (κ1) is 21.4. The first-order valence-corrected chi connectivity index (χ1v) is 10.1. The normalized spacial score (nSPS) is 13.1. The Balaban J connectivity index is 1.41. The molecule has 0 saturated heterocycles. The number of carbonyl (C=O) groups is 3. The van der Waals surface area contributed by atoms with Crippen LogP contribution in [0.4, 0.5) is 4.79 Å². The Bertz CT molecular complexity index is 882. The van der Waals surface area contributed by atoms with E-state index in [4.69, 9.17) is 9.84 Å². The molecule has 0 aliphatic heterocycles. The quantitative estimate of drug-likeness (QED) is 0.550. The third-order valence-electron chi connectivity index (χ3n) is 5.08. The molecular weight excluding hydrogens is 384 g/mol. The lowest BCUT2D eigenvalue weighted by molar-refractivity contribution is -0.137. The van der Waals surface area contributed by atoms with E-state index in [2.05, 4.69) is 34.9 Å². The molecule has 0 aromatic heterocycles. The molecule has 158 valence electrons. The molecule has 0 heterocycles. The second-order valence-corrected chi connectivity index (χ2v) is 7.42. The lowest BCUT2D eigenvalue weighted by atomic mass is 9.98. The number of aliphatic carboxylic acids is 1. The molecule has 0 spiro atoms. The summed E-state index contributed by atoms with van der Waals surface area (Å²) < 4.78 is 5.44. The number of nitrogens with one attached hydrogen (secondary N) is 2. The lowest BCUT2D eigenvalue weighted by Crippen LogP contribution is -2.34. The molecule has 3 rings (SSSR count). The third kappa shape index (κ3) is 5.37. The highest BCUT2D eigenvalue weighted by atomic mass is 16.5. The molecule has 1 aliphatic carbocycles. The molecule has 0 radical (unpaired) electrons. The average Bonchev–Trinajstić information content (AvgIpc) is 3.03. The summed E-state index contributed by atoms with van der Waals surface area (Å²) in [7, 11) is 0. The summed E-state index contributed by atoms with van der Waals surface area (Å²) in [6.45, 7) is 2.19. The maximum Gasteiger partial charge on any atom is 0.407 e. The van der Waals surface area contributed by atoms with Crippen molar-refractivity contribution in [3.05, 3.63) is 59.7 Å². The SMILES string of the molecule is C[C@H](CC(=O)O)NC(=O)CCCNC(=O)OCC1c2ccccc2-c2ccccc21. The molecule has 7 heteroatoms. The Morgan fingerprint density at radius 1 is 1.03 bits per heavy atom. The van der Waals surface area contributed by atoms with Crippen molar-refractivity contribution < 1.29 is 24.2 Å². The zero-order valence-corrected chi connectivity index (χ0v) is 16.9. The Morgan fingerprint density at radius 2 is 1.63 bits per heavy atom. The zero-order chi connectivity index (χ0) is 21.5. The number of carboxylic acids is 1. The van der Waals surface area contributed by atoms with E-state index in [1.54, 1.807) is 6.92 Å². The van der Waals surface area contributed by atoms with E-state index in [1.807, 2.05) is 24.3 Å². The van der Waals surface area contributed by atoms with Gasteiger partial charge in [-0.05, 0) is 35.6 Å². The molecule has 3 N–H and O–H groups in total. The van der Waals surface area contributed by atoms with Gasteiger partial charge in [0.25, 0.3) is 0 Å². The van der Waals surface area contributed by atoms with Crippen LogP contribution in [0.3, 0.4) is 0 Å². The van der Waals surface area contributed by atoms with Gasteiger partial charge in [-0.1, -0.05) is 48.5 Å². The molecule has 2 aromatic rings. The number of hydrogen-bond acceptors (Lipinski definition) is 4. The predicted octanol–water partition coefficient (Wildman–Crippen LogP) is 3.28. The molecular formula is C23H26N2O5. The van der Waals surface area contributed by atoms with Crippen LogP contribution in [0.25, 0.3) is 11.1 Å². The van der Waals surface area contributed by atoms with E-state index in [1.165, 1.54) is 11.1 Å². The Kier molecular flexibility index (Phi) is 7.06. The number of carbonyl (C=O) groups excluding carboxylic acids is 2. The first-order valence-electron chi connectivity index (χ1n) is 10.1. The van der Waals surface area contributed by atoms with E-state index in [0.717, 1.165) is 11.1 Å². The van der Waals surface area contributed by atoms with Crippen molar-refractivity contribution in [1.82, 2.24) is 10.6 Å². The second-order valence-electron chi connectivity index (χ2n) is 7.42. The minimum Gasteiger partial charge on any atom is -0.481 e. The van der Waals surface area contributed by atoms with Gasteiger partial charge in [-0.2, -0.15) is 0 Å². The molecule has 7 nitrogen and oxygen atoms in total. The molecule has 1 aliphatic rings. The third-order valence-corrected chi connectivity index (χ3v) is 5.08. The van der Waals surface area contributed by atoms with E-state index < -0.39 is 18.1 Å². The van der Waals surface area contributed by atoms with Crippen LogP contribution in [-0.4, -0.2) is 42.3 Å². The first-order chi connectivity index (χ1) is 14.5. The average molecular weight is 410 g/mol. The van der Waals surface area contributed by atoms with Crippen LogP contribution in [0, 0.1) is 0 Å². The van der Waals surface area contributed by atoms with E-state index in [9.17, 15) is 14.4 Å². The number of rotatable bonds is 9. The van der Waals surface area contributed by atoms with Gasteiger partial charge < -0.3 is 20.5 Å². The Hall–Kier alpha value is -3.35. The van der Waals surface area contributed by atoms with Gasteiger partial charge in [-0.15, -0.1) is 0 Å². The minimum atomic E-state index is -0.959. The van der Waals surface area contributed by atoms with Gasteiger partial charge >= 0.3 is 12.1 Å². The van der Waals surface area contributed by atoms with Gasteiger partial charge in [0.2, 0.25) is 5.91 Å². The number of fused-ring (bicyclic) bond motifs is 3. The molecule has 1 atom stereocenters. The van der Waals surface area contributed by atoms with Gasteiger partial charge in [0.15, 0.2) is 0 Å². The van der Waals surface area contributed by atoms with E-state index >= 15 is 0 Å². The number of alkyl carbamates (subject to hydrolysis) is 1. The molecule has 0 unspecified atom stereocenters. The summed E-state index contributed by atoms with van der Waals surface area (Å²) >= 11 is 0. The molecule has 0 fully saturated rings. The van der Waals surface area contributed by atoms with Crippen LogP contribution < -0.4 is 10.6 Å². The summed E-state index contributed by atoms with van der Waals surface area (Å²) in [6.07, 6.45) is 0.00389. The van der Waals surface area contributed by atoms with Crippen LogP contribution in [0.15, 0.2) is 48.5 Å². The number of hydrogen-bond donors (Lipinski definition) is 3. The van der Waals surface area contributed by atoms with Crippen molar-refractivity contribution in [2.45, 2.75) is 38.1 Å². The Labute approximate surface area is 175 Å². The highest BCUT2D eigenvalue weighted by Gasteiger charge is 2.28. The maximum atomic E-state index is 12.1. The van der Waals surface area contributed by atoms with Crippen LogP contribution in [0.1, 0.15) is 43.2 Å². The fourth-order valence-corrected chi connectivity index (χ4v) is 3.75. The van der Waals surface area contributed by atoms with Crippen molar-refractivity contribution in [2.24, 2.45) is 0 Å². The van der Waals surface area contributed by atoms with Crippen molar-refractivity contribution in [1.29, 1.82) is 0 Å². The molecule has 2 aromatic carbocycles. The van der Waals surface area contributed by atoms with Gasteiger partial charge in [0.1, 0.15) is 6.61 Å². The van der Waals surface area contributed by atoms with Crippen molar-refractivity contribution in [2.75, 3.05) is 13.2 Å². The topological polar surface area (TPSA) is 105 Å². The van der Waals surface area contributed by atoms with Crippen molar-refractivity contribution in [3.8, 4) is 11.1 Å². The van der Waals surface area contributed by atoms with Gasteiger partial charge in [-0.3, -0.25) is 9.59 Å². The number of amides is 2. The largest absolute Gasteiger partial charge is 0.481 e. The summed E-state index contributed by atoms with van der Waals surface area (Å²) in [5.41, 5.74) is 4.65. The maximum absolute atomic E-state index is 12.1. The highest BCUT2D eigenvalue weighted by Crippen LogP contribution is 2.44. The number of benzene rings is 2. The summed E-state index contributed by atoms with van der Waals surface area (Å²) in [5.74, 6) is -1.19. The Morgan fingerprint density at radius 3 is 2.23 bits per heavy atom. The molecule has 30 heavy (non-hydrogen) atoms. The van der Waals surface area contributed by atoms with Crippen LogP contribution in [0.5, 0.6) is 0 Å². The molecule has 0 saturated carbocycles. The van der Waals surface area contributed by atoms with Crippen molar-refractivity contribution >= 4 is 18.0 Å². The predicted molar refractivity (Wildman–Crippen MR) is 112 cm³/mol. The lowest BCUT2D eigenvalue weighted by Gasteiger charge is -2.15. The van der Waals surface area contributed by atoms with Gasteiger partial charge in [0, 0.05) is 24.9 Å². The number of ether oxygens (including phenoxy) is 1. The van der Waals surface area contributed by atoms with Gasteiger partial charge in [0.05, 0.1) is 6.42 Å². The summed E-state index contributed by atoms with van der Waals surface area (Å²) in [6, 6.07) is 15.8. The fraction of sp³-hybridized carbons (Fsp3) is 0.348. The van der Waals surface area contributed by atoms with E-state index in [0.29, 0.717) is 13.0 Å². The van der Waals surface area contributed by atoms with Crippen LogP contribution >= 0.6 is 0 Å². The monoisotopic (exact) mass is 410 g/mol. The minimum absolute atomic E-state index is 0.00431. The zero-order valence-electron chi connectivity index (χ0n) is 16.9. The van der Waals surface area contributed by atoms with Gasteiger partial charge in [-0.25, -0.2) is 4.79 Å². The highest BCUT2D eigenvalue weighted by molar-refractivity contribution is 5.79. The second kappa shape index (κ2) is 9.91. The van der Waals surface area contributed by atoms with E-state index in [-0.39, 0.29) is 31.3 Å².